The first-order valence-electron chi connectivity index (χ1n) is 7.16. The van der Waals surface area contributed by atoms with E-state index in [0.717, 1.165) is 0 Å². The van der Waals surface area contributed by atoms with Gasteiger partial charge >= 0.3 is 5.97 Å². The van der Waals surface area contributed by atoms with E-state index < -0.39 is 22.1 Å². The van der Waals surface area contributed by atoms with Crippen molar-refractivity contribution < 1.29 is 22.7 Å². The minimum atomic E-state index is -3.81. The number of carbonyl (C=O) groups excluding carboxylic acids is 2. The second-order valence-corrected chi connectivity index (χ2v) is 7.21. The maximum absolute atomic E-state index is 12.6. The zero-order chi connectivity index (χ0) is 17.8. The molecule has 0 spiro atoms. The number of nitrogens with zero attached hydrogens (tertiary/aromatic N) is 1. The maximum Gasteiger partial charge on any atom is 0.338 e. The standard InChI is InChI=1S/C15H20ClNO5S/c1-5-17(6-2)23(20,21)14-9-12(7-8-13(14)16)15(19)22-11(4)10(3)18/h7-9,11H,5-6H2,1-4H3/t11-/m0/s1. The number of carbonyl (C=O) groups is 2. The van der Waals surface area contributed by atoms with Crippen LogP contribution in [0.15, 0.2) is 23.1 Å². The van der Waals surface area contributed by atoms with E-state index in [1.54, 1.807) is 13.8 Å². The van der Waals surface area contributed by atoms with Gasteiger partial charge in [-0.3, -0.25) is 4.79 Å². The number of sulfonamides is 1. The van der Waals surface area contributed by atoms with Crippen LogP contribution in [-0.2, 0) is 19.6 Å². The lowest BCUT2D eigenvalue weighted by molar-refractivity contribution is -0.124. The quantitative estimate of drug-likeness (QED) is 0.697. The summed E-state index contributed by atoms with van der Waals surface area (Å²) in [6.45, 7) is 6.74. The van der Waals surface area contributed by atoms with Crippen LogP contribution in [0.4, 0.5) is 0 Å². The summed E-state index contributed by atoms with van der Waals surface area (Å²) >= 11 is 5.99. The van der Waals surface area contributed by atoms with E-state index in [0.29, 0.717) is 0 Å². The molecule has 0 saturated heterocycles. The molecule has 0 aliphatic carbocycles. The Morgan fingerprint density at radius 2 is 1.83 bits per heavy atom. The molecule has 128 valence electrons. The summed E-state index contributed by atoms with van der Waals surface area (Å²) in [5.74, 6) is -1.08. The van der Waals surface area contributed by atoms with E-state index in [1.165, 1.54) is 36.4 Å². The van der Waals surface area contributed by atoms with E-state index >= 15 is 0 Å². The van der Waals surface area contributed by atoms with Gasteiger partial charge in [0.25, 0.3) is 0 Å². The highest BCUT2D eigenvalue weighted by atomic mass is 35.5. The third-order valence-corrected chi connectivity index (χ3v) is 5.88. The highest BCUT2D eigenvalue weighted by Gasteiger charge is 2.26. The molecule has 0 amide bonds. The number of Topliss-reactive ketones (excluding diaryl/α,β-unsaturated/α-hetero) is 1. The first-order chi connectivity index (χ1) is 10.6. The Kier molecular flexibility index (Phi) is 6.73. The summed E-state index contributed by atoms with van der Waals surface area (Å²) in [5, 5.41) is 0.0214. The minimum absolute atomic E-state index is 0.0214. The smallest absolute Gasteiger partial charge is 0.338 e. The van der Waals surface area contributed by atoms with Gasteiger partial charge in [-0.2, -0.15) is 4.31 Å². The van der Waals surface area contributed by atoms with Gasteiger partial charge in [0.1, 0.15) is 4.90 Å². The lowest BCUT2D eigenvalue weighted by atomic mass is 10.2. The number of esters is 1. The van der Waals surface area contributed by atoms with Gasteiger partial charge in [-0.25, -0.2) is 13.2 Å². The van der Waals surface area contributed by atoms with Crippen LogP contribution < -0.4 is 0 Å². The summed E-state index contributed by atoms with van der Waals surface area (Å²) in [6.07, 6.45) is -0.902. The van der Waals surface area contributed by atoms with Crippen molar-refractivity contribution in [1.29, 1.82) is 0 Å². The zero-order valence-electron chi connectivity index (χ0n) is 13.5. The van der Waals surface area contributed by atoms with E-state index in [2.05, 4.69) is 0 Å². The van der Waals surface area contributed by atoms with Gasteiger partial charge in [-0.1, -0.05) is 25.4 Å². The van der Waals surface area contributed by atoms with Crippen LogP contribution >= 0.6 is 11.6 Å². The van der Waals surface area contributed by atoms with Gasteiger partial charge in [0, 0.05) is 13.1 Å². The van der Waals surface area contributed by atoms with Crippen LogP contribution in [-0.4, -0.2) is 43.7 Å². The second-order valence-electron chi connectivity index (χ2n) is 4.89. The summed E-state index contributed by atoms with van der Waals surface area (Å²) in [5.41, 5.74) is 0.0215. The predicted molar refractivity (Wildman–Crippen MR) is 87.1 cm³/mol. The Morgan fingerprint density at radius 3 is 2.30 bits per heavy atom. The Bertz CT molecular complexity index is 698. The number of halogens is 1. The third kappa shape index (κ3) is 4.53. The van der Waals surface area contributed by atoms with Crippen LogP contribution in [0.5, 0.6) is 0 Å². The van der Waals surface area contributed by atoms with Crippen molar-refractivity contribution in [3.63, 3.8) is 0 Å². The van der Waals surface area contributed by atoms with Crippen molar-refractivity contribution >= 4 is 33.4 Å². The lowest BCUT2D eigenvalue weighted by Crippen LogP contribution is -2.31. The van der Waals surface area contributed by atoms with Crippen molar-refractivity contribution in [3.05, 3.63) is 28.8 Å². The van der Waals surface area contributed by atoms with Crippen molar-refractivity contribution in [2.24, 2.45) is 0 Å². The Morgan fingerprint density at radius 1 is 1.26 bits per heavy atom. The predicted octanol–water partition coefficient (Wildman–Crippen LogP) is 2.50. The fourth-order valence-electron chi connectivity index (χ4n) is 1.84. The molecule has 8 heteroatoms. The molecule has 0 saturated carbocycles. The molecule has 0 unspecified atom stereocenters. The van der Waals surface area contributed by atoms with Crippen molar-refractivity contribution in [2.75, 3.05) is 13.1 Å². The van der Waals surface area contributed by atoms with E-state index in [9.17, 15) is 18.0 Å². The first kappa shape index (κ1) is 19.6. The van der Waals surface area contributed by atoms with Crippen molar-refractivity contribution in [3.8, 4) is 0 Å². The van der Waals surface area contributed by atoms with Crippen LogP contribution in [0, 0.1) is 0 Å². The molecule has 0 fully saturated rings. The number of hydrogen-bond donors (Lipinski definition) is 0. The number of ketones is 1. The highest BCUT2D eigenvalue weighted by molar-refractivity contribution is 7.89. The Hall–Kier alpha value is -1.44. The molecule has 1 aromatic rings. The topological polar surface area (TPSA) is 80.8 Å². The number of hydrogen-bond acceptors (Lipinski definition) is 5. The summed E-state index contributed by atoms with van der Waals surface area (Å²) in [4.78, 5) is 23.0. The largest absolute Gasteiger partial charge is 0.451 e. The van der Waals surface area contributed by atoms with Gasteiger partial charge < -0.3 is 4.74 Å². The average molecular weight is 362 g/mol. The zero-order valence-corrected chi connectivity index (χ0v) is 15.1. The molecule has 0 bridgehead atoms. The molecule has 0 radical (unpaired) electrons. The molecular weight excluding hydrogens is 342 g/mol. The van der Waals surface area contributed by atoms with Gasteiger partial charge in [0.15, 0.2) is 11.9 Å². The molecular formula is C15H20ClNO5S. The van der Waals surface area contributed by atoms with Crippen LogP contribution in [0.25, 0.3) is 0 Å². The normalized spacial score (nSPS) is 13.0. The number of ether oxygens (including phenoxy) is 1. The molecule has 0 N–H and O–H groups in total. The fraction of sp³-hybridized carbons (Fsp3) is 0.467. The van der Waals surface area contributed by atoms with Gasteiger partial charge in [0.2, 0.25) is 10.0 Å². The Balaban J connectivity index is 3.23. The fourth-order valence-corrected chi connectivity index (χ4v) is 3.80. The molecule has 1 atom stereocenters. The molecule has 0 heterocycles. The van der Waals surface area contributed by atoms with E-state index in [1.807, 2.05) is 0 Å². The van der Waals surface area contributed by atoms with Gasteiger partial charge in [0.05, 0.1) is 10.6 Å². The summed E-state index contributed by atoms with van der Waals surface area (Å²) in [6, 6.07) is 3.86. The van der Waals surface area contributed by atoms with Crippen LogP contribution in [0.1, 0.15) is 38.1 Å². The molecule has 0 aliphatic rings. The van der Waals surface area contributed by atoms with Crippen molar-refractivity contribution in [1.82, 2.24) is 4.31 Å². The average Bonchev–Trinajstić information content (AvgIpc) is 2.48. The molecule has 1 aromatic carbocycles. The molecule has 1 rings (SSSR count). The van der Waals surface area contributed by atoms with Gasteiger partial charge in [-0.15, -0.1) is 0 Å². The highest BCUT2D eigenvalue weighted by Crippen LogP contribution is 2.26. The first-order valence-corrected chi connectivity index (χ1v) is 8.98. The van der Waals surface area contributed by atoms with Crippen LogP contribution in [0.3, 0.4) is 0 Å². The summed E-state index contributed by atoms with van der Waals surface area (Å²) < 4.78 is 31.3. The van der Waals surface area contributed by atoms with Gasteiger partial charge in [-0.05, 0) is 32.0 Å². The van der Waals surface area contributed by atoms with Crippen molar-refractivity contribution in [2.45, 2.75) is 38.7 Å². The summed E-state index contributed by atoms with van der Waals surface area (Å²) in [7, 11) is -3.81. The minimum Gasteiger partial charge on any atom is -0.451 e. The third-order valence-electron chi connectivity index (χ3n) is 3.35. The molecule has 0 aliphatic heterocycles. The maximum atomic E-state index is 12.6. The Labute approximate surface area is 141 Å². The van der Waals surface area contributed by atoms with Crippen LogP contribution in [0.2, 0.25) is 5.02 Å². The molecule has 0 aromatic heterocycles. The second kappa shape index (κ2) is 7.90. The molecule has 23 heavy (non-hydrogen) atoms. The lowest BCUT2D eigenvalue weighted by Gasteiger charge is -2.19. The monoisotopic (exact) mass is 361 g/mol. The number of rotatable bonds is 7. The molecule has 6 nitrogen and oxygen atoms in total. The number of benzene rings is 1. The van der Waals surface area contributed by atoms with E-state index in [4.69, 9.17) is 16.3 Å². The SMILES string of the molecule is CCN(CC)S(=O)(=O)c1cc(C(=O)O[C@@H](C)C(C)=O)ccc1Cl. The van der Waals surface area contributed by atoms with E-state index in [-0.39, 0.29) is 34.4 Å².